The van der Waals surface area contributed by atoms with Crippen LogP contribution in [0.5, 0.6) is 11.5 Å². The van der Waals surface area contributed by atoms with Gasteiger partial charge in [0.25, 0.3) is 0 Å². The molecule has 0 fully saturated rings. The van der Waals surface area contributed by atoms with Crippen LogP contribution in [0.3, 0.4) is 0 Å². The first-order valence-corrected chi connectivity index (χ1v) is 5.13. The van der Waals surface area contributed by atoms with Crippen molar-refractivity contribution < 1.29 is 4.74 Å². The van der Waals surface area contributed by atoms with Gasteiger partial charge in [-0.1, -0.05) is 23.2 Å². The van der Waals surface area contributed by atoms with Crippen LogP contribution in [0.15, 0.2) is 30.3 Å². The molecule has 82 valence electrons. The van der Waals surface area contributed by atoms with E-state index in [-0.39, 0.29) is 10.3 Å². The quantitative estimate of drug-likeness (QED) is 0.838. The second kappa shape index (κ2) is 4.55. The summed E-state index contributed by atoms with van der Waals surface area (Å²) in [5.41, 5.74) is 6.21. The largest absolute Gasteiger partial charge is 0.454 e. The molecule has 0 spiro atoms. The third kappa shape index (κ3) is 2.53. The average molecular weight is 256 g/mol. The molecular weight excluding hydrogens is 249 g/mol. The van der Waals surface area contributed by atoms with Crippen LogP contribution in [0.4, 0.5) is 5.69 Å². The van der Waals surface area contributed by atoms with Gasteiger partial charge in [-0.2, -0.15) is 0 Å². The minimum atomic E-state index is 0.154. The molecular formula is C10H7Cl2N3O. The van der Waals surface area contributed by atoms with Crippen molar-refractivity contribution >= 4 is 28.9 Å². The Morgan fingerprint density at radius 1 is 1.06 bits per heavy atom. The van der Waals surface area contributed by atoms with Gasteiger partial charge in [0.1, 0.15) is 5.75 Å². The molecule has 0 bridgehead atoms. The molecule has 1 aromatic carbocycles. The van der Waals surface area contributed by atoms with Crippen LogP contribution in [0.25, 0.3) is 0 Å². The lowest BCUT2D eigenvalue weighted by molar-refractivity contribution is 0.479. The molecule has 0 radical (unpaired) electrons. The van der Waals surface area contributed by atoms with Crippen LogP contribution < -0.4 is 10.5 Å². The van der Waals surface area contributed by atoms with Crippen molar-refractivity contribution in [3.8, 4) is 11.5 Å². The summed E-state index contributed by atoms with van der Waals surface area (Å²) in [5.74, 6) is 0.951. The molecule has 1 aromatic heterocycles. The van der Waals surface area contributed by atoms with Gasteiger partial charge in [-0.3, -0.25) is 0 Å². The SMILES string of the molecule is Nc1ccc(Oc2cc(Cl)nnc2Cl)cc1. The van der Waals surface area contributed by atoms with Crippen LogP contribution in [0.2, 0.25) is 10.3 Å². The molecule has 0 saturated heterocycles. The van der Waals surface area contributed by atoms with Gasteiger partial charge in [0.05, 0.1) is 0 Å². The Kier molecular flexibility index (Phi) is 3.12. The number of ether oxygens (including phenoxy) is 1. The van der Waals surface area contributed by atoms with Gasteiger partial charge in [0.15, 0.2) is 16.1 Å². The number of hydrogen-bond donors (Lipinski definition) is 1. The summed E-state index contributed by atoms with van der Waals surface area (Å²) in [7, 11) is 0. The van der Waals surface area contributed by atoms with E-state index in [1.54, 1.807) is 24.3 Å². The highest BCUT2D eigenvalue weighted by Crippen LogP contribution is 2.29. The first-order valence-electron chi connectivity index (χ1n) is 4.37. The van der Waals surface area contributed by atoms with Gasteiger partial charge in [-0.25, -0.2) is 0 Å². The van der Waals surface area contributed by atoms with E-state index in [1.165, 1.54) is 6.07 Å². The number of hydrogen-bond acceptors (Lipinski definition) is 4. The Balaban J connectivity index is 2.26. The highest BCUT2D eigenvalue weighted by atomic mass is 35.5. The molecule has 0 aliphatic carbocycles. The third-order valence-corrected chi connectivity index (χ3v) is 2.24. The van der Waals surface area contributed by atoms with Gasteiger partial charge < -0.3 is 10.5 Å². The molecule has 0 amide bonds. The smallest absolute Gasteiger partial charge is 0.194 e. The predicted octanol–water partition coefficient (Wildman–Crippen LogP) is 3.16. The highest BCUT2D eigenvalue weighted by Gasteiger charge is 2.06. The fraction of sp³-hybridized carbons (Fsp3) is 0. The Bertz CT molecular complexity index is 502. The van der Waals surface area contributed by atoms with E-state index in [0.29, 0.717) is 17.2 Å². The molecule has 0 aliphatic heterocycles. The first-order chi connectivity index (χ1) is 7.65. The van der Waals surface area contributed by atoms with E-state index in [4.69, 9.17) is 33.7 Å². The maximum Gasteiger partial charge on any atom is 0.194 e. The summed E-state index contributed by atoms with van der Waals surface area (Å²) >= 11 is 11.5. The number of rotatable bonds is 2. The molecule has 2 N–H and O–H groups in total. The molecule has 2 aromatic rings. The number of benzene rings is 1. The van der Waals surface area contributed by atoms with E-state index >= 15 is 0 Å². The van der Waals surface area contributed by atoms with Crippen molar-refractivity contribution in [1.29, 1.82) is 0 Å². The molecule has 0 saturated carbocycles. The molecule has 2 rings (SSSR count). The lowest BCUT2D eigenvalue weighted by Gasteiger charge is -2.06. The molecule has 16 heavy (non-hydrogen) atoms. The molecule has 0 atom stereocenters. The van der Waals surface area contributed by atoms with Gasteiger partial charge in [-0.15, -0.1) is 10.2 Å². The van der Waals surface area contributed by atoms with Crippen LogP contribution in [0.1, 0.15) is 0 Å². The number of anilines is 1. The second-order valence-corrected chi connectivity index (χ2v) is 3.74. The topological polar surface area (TPSA) is 61.0 Å². The lowest BCUT2D eigenvalue weighted by atomic mass is 10.3. The summed E-state index contributed by atoms with van der Waals surface area (Å²) in [5, 5.41) is 7.58. The fourth-order valence-electron chi connectivity index (χ4n) is 1.07. The summed E-state index contributed by atoms with van der Waals surface area (Å²) in [4.78, 5) is 0. The van der Waals surface area contributed by atoms with Gasteiger partial charge in [-0.05, 0) is 24.3 Å². The van der Waals surface area contributed by atoms with Crippen LogP contribution in [-0.2, 0) is 0 Å². The minimum absolute atomic E-state index is 0.154. The molecule has 4 nitrogen and oxygen atoms in total. The van der Waals surface area contributed by atoms with Crippen molar-refractivity contribution in [3.63, 3.8) is 0 Å². The van der Waals surface area contributed by atoms with Crippen molar-refractivity contribution in [1.82, 2.24) is 10.2 Å². The average Bonchev–Trinajstić information content (AvgIpc) is 2.27. The van der Waals surface area contributed by atoms with Crippen molar-refractivity contribution in [2.75, 3.05) is 5.73 Å². The zero-order valence-corrected chi connectivity index (χ0v) is 9.53. The highest BCUT2D eigenvalue weighted by molar-refractivity contribution is 6.32. The molecule has 1 heterocycles. The first kappa shape index (κ1) is 11.0. The van der Waals surface area contributed by atoms with Crippen LogP contribution in [-0.4, -0.2) is 10.2 Å². The monoisotopic (exact) mass is 255 g/mol. The summed E-state index contributed by atoms with van der Waals surface area (Å²) in [6, 6.07) is 8.38. The zero-order valence-electron chi connectivity index (χ0n) is 8.02. The summed E-state index contributed by atoms with van der Waals surface area (Å²) in [6.45, 7) is 0. The zero-order chi connectivity index (χ0) is 11.5. The van der Waals surface area contributed by atoms with Crippen molar-refractivity contribution in [3.05, 3.63) is 40.6 Å². The van der Waals surface area contributed by atoms with Gasteiger partial charge in [0.2, 0.25) is 0 Å². The van der Waals surface area contributed by atoms with Crippen LogP contribution >= 0.6 is 23.2 Å². The van der Waals surface area contributed by atoms with Gasteiger partial charge in [0, 0.05) is 11.8 Å². The standard InChI is InChI=1S/C10H7Cl2N3O/c11-9-5-8(10(12)15-14-9)16-7-3-1-6(13)2-4-7/h1-5H,13H2. The Morgan fingerprint density at radius 2 is 1.75 bits per heavy atom. The summed E-state index contributed by atoms with van der Waals surface area (Å²) < 4.78 is 5.47. The van der Waals surface area contributed by atoms with Crippen LogP contribution in [0, 0.1) is 0 Å². The normalized spacial score (nSPS) is 10.1. The van der Waals surface area contributed by atoms with Crippen molar-refractivity contribution in [2.45, 2.75) is 0 Å². The Morgan fingerprint density at radius 3 is 2.44 bits per heavy atom. The predicted molar refractivity (Wildman–Crippen MR) is 63.0 cm³/mol. The minimum Gasteiger partial charge on any atom is -0.454 e. The second-order valence-electron chi connectivity index (χ2n) is 2.99. The number of halogens is 2. The Labute approximate surface area is 102 Å². The number of nitrogen functional groups attached to an aromatic ring is 1. The number of aromatic nitrogens is 2. The van der Waals surface area contributed by atoms with E-state index in [0.717, 1.165) is 0 Å². The van der Waals surface area contributed by atoms with E-state index < -0.39 is 0 Å². The molecule has 0 aliphatic rings. The maximum absolute atomic E-state index is 5.80. The van der Waals surface area contributed by atoms with E-state index in [1.807, 2.05) is 0 Å². The number of nitrogens with zero attached hydrogens (tertiary/aromatic N) is 2. The Hall–Kier alpha value is -1.52. The number of nitrogens with two attached hydrogens (primary N) is 1. The molecule has 0 unspecified atom stereocenters. The van der Waals surface area contributed by atoms with E-state index in [9.17, 15) is 0 Å². The molecule has 6 heteroatoms. The third-order valence-electron chi connectivity index (χ3n) is 1.79. The van der Waals surface area contributed by atoms with Crippen molar-refractivity contribution in [2.24, 2.45) is 0 Å². The van der Waals surface area contributed by atoms with E-state index in [2.05, 4.69) is 10.2 Å². The summed E-state index contributed by atoms with van der Waals surface area (Å²) in [6.07, 6.45) is 0. The fourth-order valence-corrected chi connectivity index (χ4v) is 1.34. The lowest BCUT2D eigenvalue weighted by Crippen LogP contribution is -1.91. The van der Waals surface area contributed by atoms with Gasteiger partial charge >= 0.3 is 0 Å². The maximum atomic E-state index is 5.80.